The Morgan fingerprint density at radius 3 is 2.41 bits per heavy atom. The predicted octanol–water partition coefficient (Wildman–Crippen LogP) is 0.923. The van der Waals surface area contributed by atoms with Crippen LogP contribution in [-0.2, 0) is 19.0 Å². The first-order valence-corrected chi connectivity index (χ1v) is 6.08. The molecule has 0 aliphatic rings. The third kappa shape index (κ3) is 9.09. The summed E-state index contributed by atoms with van der Waals surface area (Å²) in [5.74, 6) is -0.305. The Bertz CT molecular complexity index is 197. The highest BCUT2D eigenvalue weighted by atomic mass is 16.6. The van der Waals surface area contributed by atoms with E-state index in [0.29, 0.717) is 25.9 Å². The second-order valence-corrected chi connectivity index (χ2v) is 3.98. The van der Waals surface area contributed by atoms with E-state index in [2.05, 4.69) is 18.7 Å². The molecule has 0 atom stereocenters. The van der Waals surface area contributed by atoms with E-state index in [1.54, 1.807) is 14.0 Å². The van der Waals surface area contributed by atoms with Crippen molar-refractivity contribution in [3.8, 4) is 0 Å². The van der Waals surface area contributed by atoms with E-state index in [1.807, 2.05) is 0 Å². The molecule has 0 fully saturated rings. The molecule has 0 saturated heterocycles. The Balaban J connectivity index is 3.63. The molecule has 0 spiro atoms. The summed E-state index contributed by atoms with van der Waals surface area (Å²) in [4.78, 5) is 13.3. The molecule has 0 N–H and O–H groups in total. The van der Waals surface area contributed by atoms with Crippen molar-refractivity contribution < 1.29 is 19.0 Å². The minimum absolute atomic E-state index is 0.0318. The van der Waals surface area contributed by atoms with Crippen LogP contribution in [-0.4, -0.2) is 63.5 Å². The number of carbonyl (C=O) groups excluding carboxylic acids is 1. The van der Waals surface area contributed by atoms with Crippen molar-refractivity contribution in [3.05, 3.63) is 0 Å². The third-order valence-electron chi connectivity index (χ3n) is 2.36. The van der Waals surface area contributed by atoms with Crippen LogP contribution in [0.3, 0.4) is 0 Å². The van der Waals surface area contributed by atoms with Crippen molar-refractivity contribution >= 4 is 5.97 Å². The molecular weight excluding hydrogens is 222 g/mol. The van der Waals surface area contributed by atoms with Gasteiger partial charge in [-0.25, -0.2) is 4.79 Å². The van der Waals surface area contributed by atoms with E-state index < -0.39 is 0 Å². The number of methoxy groups -OCH3 is 1. The summed E-state index contributed by atoms with van der Waals surface area (Å²) in [5.41, 5.74) is 0. The molecule has 17 heavy (non-hydrogen) atoms. The highest BCUT2D eigenvalue weighted by Crippen LogP contribution is 1.97. The van der Waals surface area contributed by atoms with Crippen molar-refractivity contribution in [1.29, 1.82) is 0 Å². The van der Waals surface area contributed by atoms with E-state index >= 15 is 0 Å². The van der Waals surface area contributed by atoms with E-state index in [9.17, 15) is 4.79 Å². The van der Waals surface area contributed by atoms with Crippen LogP contribution in [0.15, 0.2) is 0 Å². The molecule has 0 aromatic heterocycles. The summed E-state index contributed by atoms with van der Waals surface area (Å²) in [5, 5.41) is 0. The third-order valence-corrected chi connectivity index (χ3v) is 2.36. The zero-order chi connectivity index (χ0) is 13.1. The minimum atomic E-state index is -0.305. The summed E-state index contributed by atoms with van der Waals surface area (Å²) < 4.78 is 15.1. The lowest BCUT2D eigenvalue weighted by Crippen LogP contribution is -2.36. The number of esters is 1. The van der Waals surface area contributed by atoms with Crippen LogP contribution in [0, 0.1) is 0 Å². The standard InChI is InChI=1S/C12H25NO4/c1-5-17-12(14)10-16-9-7-13(11(2)3)6-8-15-4/h11H,5-10H2,1-4H3. The molecule has 0 bridgehead atoms. The topological polar surface area (TPSA) is 48.0 Å². The van der Waals surface area contributed by atoms with Crippen molar-refractivity contribution in [1.82, 2.24) is 4.90 Å². The van der Waals surface area contributed by atoms with Gasteiger partial charge in [0.2, 0.25) is 0 Å². The zero-order valence-corrected chi connectivity index (χ0v) is 11.4. The maximum Gasteiger partial charge on any atom is 0.332 e. The number of rotatable bonds is 10. The van der Waals surface area contributed by atoms with Crippen LogP contribution < -0.4 is 0 Å². The van der Waals surface area contributed by atoms with Crippen LogP contribution in [0.25, 0.3) is 0 Å². The molecule has 0 saturated carbocycles. The molecule has 0 aliphatic heterocycles. The van der Waals surface area contributed by atoms with Gasteiger partial charge in [0.25, 0.3) is 0 Å². The summed E-state index contributed by atoms with van der Waals surface area (Å²) in [6.07, 6.45) is 0. The number of nitrogens with zero attached hydrogens (tertiary/aromatic N) is 1. The molecule has 0 aliphatic carbocycles. The Morgan fingerprint density at radius 1 is 1.24 bits per heavy atom. The van der Waals surface area contributed by atoms with Crippen molar-refractivity contribution in [3.63, 3.8) is 0 Å². The van der Waals surface area contributed by atoms with Crippen molar-refractivity contribution in [2.24, 2.45) is 0 Å². The lowest BCUT2D eigenvalue weighted by atomic mass is 10.3. The first-order chi connectivity index (χ1) is 8.11. The SMILES string of the molecule is CCOC(=O)COCCN(CCOC)C(C)C. The Morgan fingerprint density at radius 2 is 1.88 bits per heavy atom. The van der Waals surface area contributed by atoms with Gasteiger partial charge in [-0.2, -0.15) is 0 Å². The summed E-state index contributed by atoms with van der Waals surface area (Å²) in [6.45, 7) is 9.36. The summed E-state index contributed by atoms with van der Waals surface area (Å²) in [7, 11) is 1.69. The molecule has 0 unspecified atom stereocenters. The van der Waals surface area contributed by atoms with Gasteiger partial charge < -0.3 is 14.2 Å². The average Bonchev–Trinajstić information content (AvgIpc) is 2.28. The molecule has 0 heterocycles. The lowest BCUT2D eigenvalue weighted by molar-refractivity contribution is -0.148. The van der Waals surface area contributed by atoms with Gasteiger partial charge in [0, 0.05) is 26.2 Å². The zero-order valence-electron chi connectivity index (χ0n) is 11.4. The maximum absolute atomic E-state index is 11.0. The first kappa shape index (κ1) is 16.4. The van der Waals surface area contributed by atoms with Crippen LogP contribution in [0.1, 0.15) is 20.8 Å². The molecule has 0 aromatic carbocycles. The fourth-order valence-electron chi connectivity index (χ4n) is 1.38. The maximum atomic E-state index is 11.0. The monoisotopic (exact) mass is 247 g/mol. The minimum Gasteiger partial charge on any atom is -0.464 e. The van der Waals surface area contributed by atoms with Crippen LogP contribution in [0.5, 0.6) is 0 Å². The molecule has 0 radical (unpaired) electrons. The van der Waals surface area contributed by atoms with Gasteiger partial charge in [-0.05, 0) is 20.8 Å². The Hall–Kier alpha value is -0.650. The second-order valence-electron chi connectivity index (χ2n) is 3.98. The highest BCUT2D eigenvalue weighted by Gasteiger charge is 2.09. The average molecular weight is 247 g/mol. The van der Waals surface area contributed by atoms with Gasteiger partial charge in [-0.3, -0.25) is 4.90 Å². The van der Waals surface area contributed by atoms with Gasteiger partial charge in [0.05, 0.1) is 19.8 Å². The lowest BCUT2D eigenvalue weighted by Gasteiger charge is -2.25. The summed E-state index contributed by atoms with van der Waals surface area (Å²) in [6, 6.07) is 0.441. The number of carbonyl (C=O) groups is 1. The van der Waals surface area contributed by atoms with Crippen LogP contribution in [0.4, 0.5) is 0 Å². The van der Waals surface area contributed by atoms with Gasteiger partial charge in [0.15, 0.2) is 0 Å². The van der Waals surface area contributed by atoms with E-state index in [4.69, 9.17) is 14.2 Å². The molecule has 0 aromatic rings. The second kappa shape index (κ2) is 10.5. The van der Waals surface area contributed by atoms with Crippen molar-refractivity contribution in [2.45, 2.75) is 26.8 Å². The normalized spacial score (nSPS) is 11.2. The fourth-order valence-corrected chi connectivity index (χ4v) is 1.38. The quantitative estimate of drug-likeness (QED) is 0.424. The van der Waals surface area contributed by atoms with E-state index in [-0.39, 0.29) is 12.6 Å². The van der Waals surface area contributed by atoms with Crippen molar-refractivity contribution in [2.75, 3.05) is 46.6 Å². The molecule has 5 heteroatoms. The highest BCUT2D eigenvalue weighted by molar-refractivity contribution is 5.70. The number of ether oxygens (including phenoxy) is 3. The molecular formula is C12H25NO4. The van der Waals surface area contributed by atoms with E-state index in [1.165, 1.54) is 0 Å². The van der Waals surface area contributed by atoms with Crippen LogP contribution >= 0.6 is 0 Å². The molecule has 102 valence electrons. The molecule has 5 nitrogen and oxygen atoms in total. The van der Waals surface area contributed by atoms with Gasteiger partial charge >= 0.3 is 5.97 Å². The smallest absolute Gasteiger partial charge is 0.332 e. The van der Waals surface area contributed by atoms with Gasteiger partial charge in [-0.1, -0.05) is 0 Å². The van der Waals surface area contributed by atoms with Crippen LogP contribution in [0.2, 0.25) is 0 Å². The van der Waals surface area contributed by atoms with Gasteiger partial charge in [0.1, 0.15) is 6.61 Å². The van der Waals surface area contributed by atoms with Gasteiger partial charge in [-0.15, -0.1) is 0 Å². The first-order valence-electron chi connectivity index (χ1n) is 6.08. The number of hydrogen-bond donors (Lipinski definition) is 0. The molecule has 0 amide bonds. The fraction of sp³-hybridized carbons (Fsp3) is 0.917. The number of hydrogen-bond acceptors (Lipinski definition) is 5. The predicted molar refractivity (Wildman–Crippen MR) is 66.0 cm³/mol. The Kier molecular flexibility index (Phi) is 10.1. The summed E-state index contributed by atoms with van der Waals surface area (Å²) >= 11 is 0. The molecule has 0 rings (SSSR count). The Labute approximate surface area is 104 Å². The van der Waals surface area contributed by atoms with E-state index in [0.717, 1.165) is 13.1 Å². The largest absolute Gasteiger partial charge is 0.464 e.